The SMILES string of the molecule is CC=CC1C(C(=O)Oc2ccccc2)C1(C)C. The highest BCUT2D eigenvalue weighted by atomic mass is 16.5. The van der Waals surface area contributed by atoms with Crippen molar-refractivity contribution >= 4 is 5.97 Å². The number of hydrogen-bond acceptors (Lipinski definition) is 2. The van der Waals surface area contributed by atoms with Crippen molar-refractivity contribution in [2.45, 2.75) is 20.8 Å². The molecule has 1 aliphatic carbocycles. The van der Waals surface area contributed by atoms with Gasteiger partial charge < -0.3 is 4.74 Å². The molecule has 2 nitrogen and oxygen atoms in total. The fraction of sp³-hybridized carbons (Fsp3) is 0.400. The molecule has 0 N–H and O–H groups in total. The van der Waals surface area contributed by atoms with E-state index < -0.39 is 0 Å². The molecule has 0 radical (unpaired) electrons. The molecule has 90 valence electrons. The van der Waals surface area contributed by atoms with E-state index in [1.165, 1.54) is 0 Å². The Morgan fingerprint density at radius 3 is 2.53 bits per heavy atom. The van der Waals surface area contributed by atoms with Crippen LogP contribution in [0.15, 0.2) is 42.5 Å². The highest BCUT2D eigenvalue weighted by Gasteiger charge is 2.61. The number of carbonyl (C=O) groups excluding carboxylic acids is 1. The summed E-state index contributed by atoms with van der Waals surface area (Å²) < 4.78 is 5.38. The van der Waals surface area contributed by atoms with Crippen LogP contribution in [-0.4, -0.2) is 5.97 Å². The Labute approximate surface area is 102 Å². The second-order valence-electron chi connectivity index (χ2n) is 5.08. The van der Waals surface area contributed by atoms with E-state index in [1.54, 1.807) is 12.1 Å². The zero-order valence-corrected chi connectivity index (χ0v) is 10.5. The van der Waals surface area contributed by atoms with Gasteiger partial charge in [0.25, 0.3) is 0 Å². The molecule has 2 unspecified atom stereocenters. The smallest absolute Gasteiger partial charge is 0.315 e. The molecule has 1 aromatic rings. The highest BCUT2D eigenvalue weighted by molar-refractivity contribution is 5.80. The van der Waals surface area contributed by atoms with Crippen LogP contribution in [0.4, 0.5) is 0 Å². The standard InChI is InChI=1S/C15H18O2/c1-4-8-12-13(15(12,2)3)14(16)17-11-9-6-5-7-10-11/h4-10,12-13H,1-3H3. The second-order valence-corrected chi connectivity index (χ2v) is 5.08. The molecular weight excluding hydrogens is 212 g/mol. The van der Waals surface area contributed by atoms with Gasteiger partial charge in [-0.25, -0.2) is 0 Å². The first-order chi connectivity index (χ1) is 8.07. The maximum Gasteiger partial charge on any atom is 0.315 e. The lowest BCUT2D eigenvalue weighted by Crippen LogP contribution is -2.13. The van der Waals surface area contributed by atoms with Gasteiger partial charge in [-0.1, -0.05) is 44.2 Å². The van der Waals surface area contributed by atoms with E-state index in [-0.39, 0.29) is 17.3 Å². The third-order valence-electron chi connectivity index (χ3n) is 3.53. The van der Waals surface area contributed by atoms with Crippen molar-refractivity contribution in [1.82, 2.24) is 0 Å². The minimum Gasteiger partial charge on any atom is -0.426 e. The number of ether oxygens (including phenoxy) is 1. The van der Waals surface area contributed by atoms with Crippen molar-refractivity contribution in [3.05, 3.63) is 42.5 Å². The molecule has 2 rings (SSSR count). The minimum atomic E-state index is -0.121. The zero-order valence-electron chi connectivity index (χ0n) is 10.5. The van der Waals surface area contributed by atoms with Gasteiger partial charge in [-0.15, -0.1) is 0 Å². The minimum absolute atomic E-state index is 0.0149. The first-order valence-electron chi connectivity index (χ1n) is 5.97. The summed E-state index contributed by atoms with van der Waals surface area (Å²) >= 11 is 0. The van der Waals surface area contributed by atoms with Crippen molar-refractivity contribution in [2.75, 3.05) is 0 Å². The summed E-state index contributed by atoms with van der Waals surface area (Å²) in [4.78, 5) is 12.0. The predicted molar refractivity (Wildman–Crippen MR) is 67.7 cm³/mol. The molecule has 2 heteroatoms. The van der Waals surface area contributed by atoms with Crippen LogP contribution >= 0.6 is 0 Å². The highest BCUT2D eigenvalue weighted by Crippen LogP contribution is 2.59. The third kappa shape index (κ3) is 2.26. The van der Waals surface area contributed by atoms with Crippen LogP contribution in [0.1, 0.15) is 20.8 Å². The molecule has 1 saturated carbocycles. The van der Waals surface area contributed by atoms with E-state index in [0.717, 1.165) is 0 Å². The lowest BCUT2D eigenvalue weighted by atomic mass is 10.1. The van der Waals surface area contributed by atoms with Gasteiger partial charge in [0.2, 0.25) is 0 Å². The summed E-state index contributed by atoms with van der Waals surface area (Å²) in [5.74, 6) is 0.798. The van der Waals surface area contributed by atoms with E-state index >= 15 is 0 Å². The topological polar surface area (TPSA) is 26.3 Å². The summed E-state index contributed by atoms with van der Waals surface area (Å²) in [6, 6.07) is 9.24. The summed E-state index contributed by atoms with van der Waals surface area (Å²) in [6.07, 6.45) is 4.10. The van der Waals surface area contributed by atoms with Crippen molar-refractivity contribution in [1.29, 1.82) is 0 Å². The number of para-hydroxylation sites is 1. The lowest BCUT2D eigenvalue weighted by molar-refractivity contribution is -0.136. The summed E-state index contributed by atoms with van der Waals surface area (Å²) in [7, 11) is 0. The average molecular weight is 230 g/mol. The van der Waals surface area contributed by atoms with Crippen molar-refractivity contribution < 1.29 is 9.53 Å². The molecular formula is C15H18O2. The Morgan fingerprint density at radius 2 is 1.94 bits per heavy atom. The van der Waals surface area contributed by atoms with Crippen LogP contribution in [0.3, 0.4) is 0 Å². The molecule has 0 amide bonds. The monoisotopic (exact) mass is 230 g/mol. The van der Waals surface area contributed by atoms with Crippen LogP contribution in [0.25, 0.3) is 0 Å². The number of esters is 1. The largest absolute Gasteiger partial charge is 0.426 e. The van der Waals surface area contributed by atoms with E-state index in [2.05, 4.69) is 19.9 Å². The average Bonchev–Trinajstić information content (AvgIpc) is 2.82. The molecule has 1 aliphatic rings. The zero-order chi connectivity index (χ0) is 12.5. The Bertz CT molecular complexity index is 431. The fourth-order valence-corrected chi connectivity index (χ4v) is 2.36. The van der Waals surface area contributed by atoms with Gasteiger partial charge >= 0.3 is 5.97 Å². The van der Waals surface area contributed by atoms with Crippen molar-refractivity contribution in [3.8, 4) is 5.75 Å². The van der Waals surface area contributed by atoms with Crippen LogP contribution < -0.4 is 4.74 Å². The number of hydrogen-bond donors (Lipinski definition) is 0. The Morgan fingerprint density at radius 1 is 1.29 bits per heavy atom. The van der Waals surface area contributed by atoms with Crippen LogP contribution in [0.2, 0.25) is 0 Å². The molecule has 0 aromatic heterocycles. The van der Waals surface area contributed by atoms with Crippen LogP contribution in [0.5, 0.6) is 5.75 Å². The summed E-state index contributed by atoms with van der Waals surface area (Å²) in [5, 5.41) is 0. The van der Waals surface area contributed by atoms with Gasteiger partial charge in [0.15, 0.2) is 0 Å². The molecule has 0 heterocycles. The van der Waals surface area contributed by atoms with Crippen molar-refractivity contribution in [3.63, 3.8) is 0 Å². The molecule has 0 aliphatic heterocycles. The van der Waals surface area contributed by atoms with Gasteiger partial charge in [-0.3, -0.25) is 4.79 Å². The number of benzene rings is 1. The fourth-order valence-electron chi connectivity index (χ4n) is 2.36. The number of rotatable bonds is 3. The lowest BCUT2D eigenvalue weighted by Gasteiger charge is -2.04. The number of allylic oxidation sites excluding steroid dienone is 2. The molecule has 0 spiro atoms. The molecule has 0 bridgehead atoms. The van der Waals surface area contributed by atoms with Gasteiger partial charge in [-0.2, -0.15) is 0 Å². The Balaban J connectivity index is 2.03. The van der Waals surface area contributed by atoms with Crippen molar-refractivity contribution in [2.24, 2.45) is 17.3 Å². The molecule has 17 heavy (non-hydrogen) atoms. The summed E-state index contributed by atoms with van der Waals surface area (Å²) in [6.45, 7) is 6.19. The number of carbonyl (C=O) groups is 1. The quantitative estimate of drug-likeness (QED) is 0.451. The van der Waals surface area contributed by atoms with Gasteiger partial charge in [-0.05, 0) is 30.4 Å². The maximum absolute atomic E-state index is 12.0. The first-order valence-corrected chi connectivity index (χ1v) is 5.97. The molecule has 2 atom stereocenters. The molecule has 0 saturated heterocycles. The van der Waals surface area contributed by atoms with E-state index in [0.29, 0.717) is 11.7 Å². The first kappa shape index (κ1) is 11.9. The second kappa shape index (κ2) is 4.36. The van der Waals surface area contributed by atoms with Gasteiger partial charge in [0.05, 0.1) is 5.92 Å². The van der Waals surface area contributed by atoms with Crippen LogP contribution in [0, 0.1) is 17.3 Å². The predicted octanol–water partition coefficient (Wildman–Crippen LogP) is 3.44. The van der Waals surface area contributed by atoms with E-state index in [1.807, 2.05) is 31.2 Å². The molecule has 1 aromatic carbocycles. The summed E-state index contributed by atoms with van der Waals surface area (Å²) in [5.41, 5.74) is 0.0262. The van der Waals surface area contributed by atoms with E-state index in [9.17, 15) is 4.79 Å². The third-order valence-corrected chi connectivity index (χ3v) is 3.53. The van der Waals surface area contributed by atoms with Gasteiger partial charge in [0, 0.05) is 0 Å². The maximum atomic E-state index is 12.0. The van der Waals surface area contributed by atoms with Gasteiger partial charge in [0.1, 0.15) is 5.75 Å². The van der Waals surface area contributed by atoms with E-state index in [4.69, 9.17) is 4.74 Å². The van der Waals surface area contributed by atoms with Crippen LogP contribution in [-0.2, 0) is 4.79 Å². The Kier molecular flexibility index (Phi) is 3.05. The Hall–Kier alpha value is -1.57. The molecule has 1 fully saturated rings. The normalized spacial score (nSPS) is 25.8.